The standard InChI is InChI=1S/C13H8Cl2FNO2/c14-10-6-17-12(15)5-9(10)13(18)19-7-8-3-1-2-4-11(8)16/h1-6H,7H2. The number of aromatic nitrogens is 1. The van der Waals surface area contributed by atoms with Crippen LogP contribution in [0, 0.1) is 5.82 Å². The first-order valence-corrected chi connectivity index (χ1v) is 6.05. The molecule has 2 rings (SSSR count). The van der Waals surface area contributed by atoms with E-state index in [0.717, 1.165) is 0 Å². The lowest BCUT2D eigenvalue weighted by Gasteiger charge is -2.07. The van der Waals surface area contributed by atoms with Gasteiger partial charge in [-0.05, 0) is 12.1 Å². The molecule has 1 aromatic carbocycles. The molecule has 0 unspecified atom stereocenters. The van der Waals surface area contributed by atoms with Crippen LogP contribution in [0.15, 0.2) is 36.5 Å². The third kappa shape index (κ3) is 3.43. The normalized spacial score (nSPS) is 10.3. The maximum Gasteiger partial charge on any atom is 0.340 e. The molecule has 0 fully saturated rings. The summed E-state index contributed by atoms with van der Waals surface area (Å²) < 4.78 is 18.3. The fourth-order valence-electron chi connectivity index (χ4n) is 1.41. The van der Waals surface area contributed by atoms with E-state index in [1.54, 1.807) is 12.1 Å². The molecule has 0 aliphatic carbocycles. The molecular formula is C13H8Cl2FNO2. The minimum atomic E-state index is -0.683. The van der Waals surface area contributed by atoms with Gasteiger partial charge in [0.05, 0.1) is 10.6 Å². The van der Waals surface area contributed by atoms with Crippen LogP contribution in [0.1, 0.15) is 15.9 Å². The van der Waals surface area contributed by atoms with Gasteiger partial charge in [-0.3, -0.25) is 0 Å². The SMILES string of the molecule is O=C(OCc1ccccc1F)c1cc(Cl)ncc1Cl. The molecule has 0 amide bonds. The van der Waals surface area contributed by atoms with Gasteiger partial charge in [-0.1, -0.05) is 41.4 Å². The number of nitrogens with zero attached hydrogens (tertiary/aromatic N) is 1. The first kappa shape index (κ1) is 13.8. The van der Waals surface area contributed by atoms with Crippen molar-refractivity contribution in [3.05, 3.63) is 63.6 Å². The second-order valence-electron chi connectivity index (χ2n) is 3.65. The highest BCUT2D eigenvalue weighted by Crippen LogP contribution is 2.19. The van der Waals surface area contributed by atoms with E-state index >= 15 is 0 Å². The van der Waals surface area contributed by atoms with E-state index < -0.39 is 11.8 Å². The Labute approximate surface area is 118 Å². The van der Waals surface area contributed by atoms with Crippen molar-refractivity contribution in [2.45, 2.75) is 6.61 Å². The van der Waals surface area contributed by atoms with Gasteiger partial charge in [0.15, 0.2) is 0 Å². The zero-order valence-electron chi connectivity index (χ0n) is 9.57. The monoisotopic (exact) mass is 299 g/mol. The topological polar surface area (TPSA) is 39.2 Å². The third-order valence-corrected chi connectivity index (χ3v) is 2.87. The van der Waals surface area contributed by atoms with E-state index in [0.29, 0.717) is 0 Å². The Kier molecular flexibility index (Phi) is 4.35. The Morgan fingerprint density at radius 2 is 2.05 bits per heavy atom. The van der Waals surface area contributed by atoms with Crippen LogP contribution in [-0.2, 0) is 11.3 Å². The maximum atomic E-state index is 13.3. The fourth-order valence-corrected chi connectivity index (χ4v) is 1.74. The molecule has 2 aromatic rings. The predicted molar refractivity (Wildman–Crippen MR) is 69.8 cm³/mol. The van der Waals surface area contributed by atoms with Gasteiger partial charge in [0, 0.05) is 11.8 Å². The molecule has 0 bridgehead atoms. The van der Waals surface area contributed by atoms with Crippen LogP contribution in [0.3, 0.4) is 0 Å². The highest BCUT2D eigenvalue weighted by Gasteiger charge is 2.14. The summed E-state index contributed by atoms with van der Waals surface area (Å²) in [5.74, 6) is -1.12. The third-order valence-electron chi connectivity index (χ3n) is 2.36. The van der Waals surface area contributed by atoms with Gasteiger partial charge in [0.2, 0.25) is 0 Å². The van der Waals surface area contributed by atoms with Crippen molar-refractivity contribution in [2.24, 2.45) is 0 Å². The zero-order chi connectivity index (χ0) is 13.8. The average Bonchev–Trinajstić information content (AvgIpc) is 2.40. The van der Waals surface area contributed by atoms with Crippen molar-refractivity contribution >= 4 is 29.2 Å². The maximum absolute atomic E-state index is 13.3. The van der Waals surface area contributed by atoms with Crippen molar-refractivity contribution in [3.63, 3.8) is 0 Å². The summed E-state index contributed by atoms with van der Waals surface area (Å²) in [4.78, 5) is 15.5. The summed E-state index contributed by atoms with van der Waals surface area (Å²) in [5.41, 5.74) is 0.380. The number of hydrogen-bond acceptors (Lipinski definition) is 3. The zero-order valence-corrected chi connectivity index (χ0v) is 11.1. The highest BCUT2D eigenvalue weighted by molar-refractivity contribution is 6.34. The van der Waals surface area contributed by atoms with Crippen LogP contribution in [0.5, 0.6) is 0 Å². The second kappa shape index (κ2) is 5.99. The van der Waals surface area contributed by atoms with E-state index in [2.05, 4.69) is 4.98 Å². The van der Waals surface area contributed by atoms with Gasteiger partial charge in [-0.25, -0.2) is 14.2 Å². The smallest absolute Gasteiger partial charge is 0.340 e. The van der Waals surface area contributed by atoms with E-state index in [4.69, 9.17) is 27.9 Å². The van der Waals surface area contributed by atoms with E-state index in [9.17, 15) is 9.18 Å². The largest absolute Gasteiger partial charge is 0.457 e. The summed E-state index contributed by atoms with van der Waals surface area (Å²) in [6, 6.07) is 7.33. The summed E-state index contributed by atoms with van der Waals surface area (Å²) >= 11 is 11.5. The van der Waals surface area contributed by atoms with Gasteiger partial charge in [-0.15, -0.1) is 0 Å². The fraction of sp³-hybridized carbons (Fsp3) is 0.0769. The lowest BCUT2D eigenvalue weighted by atomic mass is 10.2. The molecule has 0 saturated heterocycles. The van der Waals surface area contributed by atoms with Crippen LogP contribution < -0.4 is 0 Å². The van der Waals surface area contributed by atoms with Crippen LogP contribution in [0.4, 0.5) is 4.39 Å². The average molecular weight is 300 g/mol. The molecule has 0 radical (unpaired) electrons. The highest BCUT2D eigenvalue weighted by atomic mass is 35.5. The molecule has 1 aromatic heterocycles. The molecule has 0 N–H and O–H groups in total. The molecule has 98 valence electrons. The van der Waals surface area contributed by atoms with Gasteiger partial charge in [0.1, 0.15) is 17.6 Å². The van der Waals surface area contributed by atoms with Crippen LogP contribution in [0.2, 0.25) is 10.2 Å². The molecule has 0 atom stereocenters. The van der Waals surface area contributed by atoms with Crippen molar-refractivity contribution in [1.29, 1.82) is 0 Å². The number of carbonyl (C=O) groups is 1. The van der Waals surface area contributed by atoms with E-state index in [1.807, 2.05) is 0 Å². The van der Waals surface area contributed by atoms with Gasteiger partial charge < -0.3 is 4.74 Å². The lowest BCUT2D eigenvalue weighted by molar-refractivity contribution is 0.0469. The van der Waals surface area contributed by atoms with E-state index in [-0.39, 0.29) is 27.9 Å². The minimum absolute atomic E-state index is 0.0954. The summed E-state index contributed by atoms with van der Waals surface area (Å²) in [6.07, 6.45) is 1.25. The number of pyridine rings is 1. The molecule has 0 aliphatic rings. The Morgan fingerprint density at radius 1 is 1.32 bits per heavy atom. The van der Waals surface area contributed by atoms with Crippen LogP contribution in [0.25, 0.3) is 0 Å². The van der Waals surface area contributed by atoms with Crippen molar-refractivity contribution in [2.75, 3.05) is 0 Å². The molecule has 0 aliphatic heterocycles. The molecule has 3 nitrogen and oxygen atoms in total. The summed E-state index contributed by atoms with van der Waals surface area (Å²) in [5, 5.41) is 0.255. The Bertz CT molecular complexity index is 619. The number of halogens is 3. The minimum Gasteiger partial charge on any atom is -0.457 e. The number of benzene rings is 1. The van der Waals surface area contributed by atoms with Gasteiger partial charge in [-0.2, -0.15) is 0 Å². The molecule has 0 spiro atoms. The van der Waals surface area contributed by atoms with Crippen molar-refractivity contribution in [3.8, 4) is 0 Å². The van der Waals surface area contributed by atoms with E-state index in [1.165, 1.54) is 24.4 Å². The quantitative estimate of drug-likeness (QED) is 0.638. The summed E-state index contributed by atoms with van der Waals surface area (Å²) in [6.45, 7) is -0.179. The second-order valence-corrected chi connectivity index (χ2v) is 4.45. The molecule has 19 heavy (non-hydrogen) atoms. The number of carbonyl (C=O) groups excluding carboxylic acids is 1. The lowest BCUT2D eigenvalue weighted by Crippen LogP contribution is -2.07. The number of hydrogen-bond donors (Lipinski definition) is 0. The first-order chi connectivity index (χ1) is 9.08. The number of esters is 1. The predicted octanol–water partition coefficient (Wildman–Crippen LogP) is 3.88. The van der Waals surface area contributed by atoms with Crippen LogP contribution >= 0.6 is 23.2 Å². The van der Waals surface area contributed by atoms with Crippen molar-refractivity contribution < 1.29 is 13.9 Å². The van der Waals surface area contributed by atoms with Crippen LogP contribution in [-0.4, -0.2) is 11.0 Å². The molecule has 1 heterocycles. The van der Waals surface area contributed by atoms with Crippen molar-refractivity contribution in [1.82, 2.24) is 4.98 Å². The number of rotatable bonds is 3. The van der Waals surface area contributed by atoms with Gasteiger partial charge in [0.25, 0.3) is 0 Å². The number of ether oxygens (including phenoxy) is 1. The first-order valence-electron chi connectivity index (χ1n) is 5.29. The van der Waals surface area contributed by atoms with Gasteiger partial charge >= 0.3 is 5.97 Å². The molecule has 6 heteroatoms. The summed E-state index contributed by atoms with van der Waals surface area (Å²) in [7, 11) is 0. The Balaban J connectivity index is 2.10. The molecule has 0 saturated carbocycles. The Hall–Kier alpha value is -1.65. The Morgan fingerprint density at radius 3 is 2.79 bits per heavy atom. The molecular weight excluding hydrogens is 292 g/mol.